The number of aromatic nitrogens is 3. The molecular formula is C12H18N4OS. The van der Waals surface area contributed by atoms with Crippen LogP contribution in [0.1, 0.15) is 56.8 Å². The SMILES string of the molecule is CC[C@@H](Sc1nnc(C2CC2)n1C1CC1)C(N)=O. The van der Waals surface area contributed by atoms with Gasteiger partial charge in [-0.3, -0.25) is 4.79 Å². The minimum atomic E-state index is -0.263. The van der Waals surface area contributed by atoms with Crippen LogP contribution in [-0.2, 0) is 4.79 Å². The molecule has 3 rings (SSSR count). The van der Waals surface area contributed by atoms with Gasteiger partial charge in [-0.1, -0.05) is 18.7 Å². The molecule has 18 heavy (non-hydrogen) atoms. The summed E-state index contributed by atoms with van der Waals surface area (Å²) in [4.78, 5) is 11.3. The van der Waals surface area contributed by atoms with Crippen LogP contribution in [0.15, 0.2) is 5.16 Å². The van der Waals surface area contributed by atoms with Gasteiger partial charge in [-0.2, -0.15) is 0 Å². The van der Waals surface area contributed by atoms with Crippen molar-refractivity contribution in [3.8, 4) is 0 Å². The zero-order valence-corrected chi connectivity index (χ0v) is 11.3. The van der Waals surface area contributed by atoms with Gasteiger partial charge in [-0.05, 0) is 32.1 Å². The third-order valence-electron chi connectivity index (χ3n) is 3.48. The number of hydrogen-bond donors (Lipinski definition) is 1. The second kappa shape index (κ2) is 4.57. The van der Waals surface area contributed by atoms with Crippen molar-refractivity contribution in [3.63, 3.8) is 0 Å². The van der Waals surface area contributed by atoms with E-state index >= 15 is 0 Å². The number of nitrogens with zero attached hydrogens (tertiary/aromatic N) is 3. The molecule has 2 aliphatic rings. The van der Waals surface area contributed by atoms with Crippen molar-refractivity contribution in [2.45, 2.75) is 61.4 Å². The first-order valence-corrected chi connectivity index (χ1v) is 7.49. The van der Waals surface area contributed by atoms with Gasteiger partial charge in [-0.25, -0.2) is 0 Å². The lowest BCUT2D eigenvalue weighted by Gasteiger charge is -2.12. The van der Waals surface area contributed by atoms with Gasteiger partial charge in [0.25, 0.3) is 0 Å². The highest BCUT2D eigenvalue weighted by Crippen LogP contribution is 2.46. The number of primary amides is 1. The summed E-state index contributed by atoms with van der Waals surface area (Å²) in [5.74, 6) is 1.46. The average molecular weight is 266 g/mol. The standard InChI is InChI=1S/C12H18N4OS/c1-2-9(10(13)17)18-12-15-14-11(7-3-4-7)16(12)8-5-6-8/h7-9H,2-6H2,1H3,(H2,13,17)/t9-/m1/s1. The van der Waals surface area contributed by atoms with Crippen molar-refractivity contribution < 1.29 is 4.79 Å². The van der Waals surface area contributed by atoms with E-state index in [1.807, 2.05) is 6.92 Å². The molecule has 98 valence electrons. The highest BCUT2D eigenvalue weighted by Gasteiger charge is 2.37. The van der Waals surface area contributed by atoms with Crippen molar-refractivity contribution in [1.29, 1.82) is 0 Å². The topological polar surface area (TPSA) is 73.8 Å². The van der Waals surface area contributed by atoms with E-state index in [0.717, 1.165) is 17.4 Å². The Morgan fingerprint density at radius 1 is 1.44 bits per heavy atom. The van der Waals surface area contributed by atoms with Crippen LogP contribution in [0.25, 0.3) is 0 Å². The molecule has 2 saturated carbocycles. The Hall–Kier alpha value is -1.04. The largest absolute Gasteiger partial charge is 0.369 e. The van der Waals surface area contributed by atoms with Crippen LogP contribution in [0.2, 0.25) is 0 Å². The molecule has 6 heteroatoms. The van der Waals surface area contributed by atoms with E-state index in [1.54, 1.807) is 0 Å². The summed E-state index contributed by atoms with van der Waals surface area (Å²) in [6.07, 6.45) is 5.60. The number of nitrogens with two attached hydrogens (primary N) is 1. The first kappa shape index (κ1) is 12.0. The van der Waals surface area contributed by atoms with Crippen LogP contribution >= 0.6 is 11.8 Å². The fourth-order valence-corrected chi connectivity index (χ4v) is 3.12. The number of carbonyl (C=O) groups excluding carboxylic acids is 1. The second-order valence-corrected chi connectivity index (χ2v) is 6.30. The van der Waals surface area contributed by atoms with E-state index in [1.165, 1.54) is 37.4 Å². The molecule has 0 saturated heterocycles. The van der Waals surface area contributed by atoms with Crippen LogP contribution < -0.4 is 5.73 Å². The normalized spacial score (nSPS) is 20.9. The molecule has 0 radical (unpaired) electrons. The Kier molecular flexibility index (Phi) is 3.05. The van der Waals surface area contributed by atoms with Crippen LogP contribution in [0.5, 0.6) is 0 Å². The summed E-state index contributed by atoms with van der Waals surface area (Å²) in [7, 11) is 0. The Morgan fingerprint density at radius 3 is 2.67 bits per heavy atom. The Labute approximate surface area is 111 Å². The molecule has 1 aromatic rings. The zero-order chi connectivity index (χ0) is 12.7. The molecule has 1 heterocycles. The maximum atomic E-state index is 11.3. The maximum absolute atomic E-state index is 11.3. The van der Waals surface area contributed by atoms with E-state index in [9.17, 15) is 4.79 Å². The highest BCUT2D eigenvalue weighted by atomic mass is 32.2. The number of thioether (sulfide) groups is 1. The quantitative estimate of drug-likeness (QED) is 0.797. The lowest BCUT2D eigenvalue weighted by molar-refractivity contribution is -0.117. The van der Waals surface area contributed by atoms with Gasteiger partial charge in [0, 0.05) is 12.0 Å². The van der Waals surface area contributed by atoms with E-state index in [2.05, 4.69) is 14.8 Å². The van der Waals surface area contributed by atoms with Gasteiger partial charge in [0.05, 0.1) is 5.25 Å². The van der Waals surface area contributed by atoms with E-state index in [0.29, 0.717) is 12.0 Å². The van der Waals surface area contributed by atoms with Crippen LogP contribution in [0.3, 0.4) is 0 Å². The predicted octanol–water partition coefficient (Wildman–Crippen LogP) is 1.85. The Bertz CT molecular complexity index is 465. The molecule has 2 fully saturated rings. The van der Waals surface area contributed by atoms with Crippen molar-refractivity contribution in [3.05, 3.63) is 5.82 Å². The fourth-order valence-electron chi connectivity index (χ4n) is 2.13. The molecule has 0 unspecified atom stereocenters. The summed E-state index contributed by atoms with van der Waals surface area (Å²) < 4.78 is 2.26. The third-order valence-corrected chi connectivity index (χ3v) is 4.82. The monoisotopic (exact) mass is 266 g/mol. The van der Waals surface area contributed by atoms with Crippen molar-refractivity contribution in [2.75, 3.05) is 0 Å². The number of amides is 1. The molecule has 0 aliphatic heterocycles. The fraction of sp³-hybridized carbons (Fsp3) is 0.750. The first-order chi connectivity index (χ1) is 8.70. The lowest BCUT2D eigenvalue weighted by Crippen LogP contribution is -2.25. The number of rotatable bonds is 6. The molecule has 0 bridgehead atoms. The van der Waals surface area contributed by atoms with Crippen molar-refractivity contribution in [1.82, 2.24) is 14.8 Å². The van der Waals surface area contributed by atoms with Crippen LogP contribution in [0.4, 0.5) is 0 Å². The Balaban J connectivity index is 1.84. The molecule has 2 aliphatic carbocycles. The van der Waals surface area contributed by atoms with E-state index < -0.39 is 0 Å². The number of carbonyl (C=O) groups is 1. The van der Waals surface area contributed by atoms with Gasteiger partial charge < -0.3 is 10.3 Å². The lowest BCUT2D eigenvalue weighted by atomic mass is 10.3. The minimum Gasteiger partial charge on any atom is -0.369 e. The molecule has 0 aromatic carbocycles. The molecule has 1 amide bonds. The summed E-state index contributed by atoms with van der Waals surface area (Å²) in [5, 5.41) is 9.29. The third kappa shape index (κ3) is 2.25. The van der Waals surface area contributed by atoms with Crippen molar-refractivity contribution in [2.24, 2.45) is 5.73 Å². The minimum absolute atomic E-state index is 0.196. The molecular weight excluding hydrogens is 248 g/mol. The smallest absolute Gasteiger partial charge is 0.231 e. The maximum Gasteiger partial charge on any atom is 0.231 e. The highest BCUT2D eigenvalue weighted by molar-refractivity contribution is 8.00. The van der Waals surface area contributed by atoms with E-state index in [-0.39, 0.29) is 11.2 Å². The molecule has 0 spiro atoms. The van der Waals surface area contributed by atoms with E-state index in [4.69, 9.17) is 5.73 Å². The second-order valence-electron chi connectivity index (χ2n) is 5.13. The molecule has 1 aromatic heterocycles. The molecule has 2 N–H and O–H groups in total. The summed E-state index contributed by atoms with van der Waals surface area (Å²) in [6.45, 7) is 1.97. The Morgan fingerprint density at radius 2 is 2.17 bits per heavy atom. The zero-order valence-electron chi connectivity index (χ0n) is 10.5. The average Bonchev–Trinajstić information content (AvgIpc) is 3.24. The summed E-state index contributed by atoms with van der Waals surface area (Å²) >= 11 is 1.47. The molecule has 5 nitrogen and oxygen atoms in total. The van der Waals surface area contributed by atoms with Crippen molar-refractivity contribution >= 4 is 17.7 Å². The van der Waals surface area contributed by atoms with Gasteiger partial charge >= 0.3 is 0 Å². The summed E-state index contributed by atoms with van der Waals surface area (Å²) in [6, 6.07) is 0.559. The number of hydrogen-bond acceptors (Lipinski definition) is 4. The van der Waals surface area contributed by atoms with Gasteiger partial charge in [-0.15, -0.1) is 10.2 Å². The predicted molar refractivity (Wildman–Crippen MR) is 69.4 cm³/mol. The summed E-state index contributed by atoms with van der Waals surface area (Å²) in [5.41, 5.74) is 5.40. The van der Waals surface area contributed by atoms with Crippen LogP contribution in [0, 0.1) is 0 Å². The van der Waals surface area contributed by atoms with Gasteiger partial charge in [0.15, 0.2) is 5.16 Å². The first-order valence-electron chi connectivity index (χ1n) is 6.61. The van der Waals surface area contributed by atoms with Gasteiger partial charge in [0.1, 0.15) is 5.82 Å². The van der Waals surface area contributed by atoms with Crippen LogP contribution in [-0.4, -0.2) is 25.9 Å². The molecule has 1 atom stereocenters. The van der Waals surface area contributed by atoms with Gasteiger partial charge in [0.2, 0.25) is 5.91 Å².